The maximum atomic E-state index is 12.6. The van der Waals surface area contributed by atoms with Crippen molar-refractivity contribution >= 4 is 44.3 Å². The van der Waals surface area contributed by atoms with Gasteiger partial charge in [-0.05, 0) is 25.0 Å². The van der Waals surface area contributed by atoms with Crippen LogP contribution >= 0.6 is 27.3 Å². The van der Waals surface area contributed by atoms with Crippen molar-refractivity contribution in [2.45, 2.75) is 25.0 Å². The summed E-state index contributed by atoms with van der Waals surface area (Å²) < 4.78 is 6.62. The normalized spacial score (nSPS) is 27.4. The van der Waals surface area contributed by atoms with E-state index in [2.05, 4.69) is 26.2 Å². The number of rotatable bonds is 4. The third-order valence-corrected chi connectivity index (χ3v) is 6.02. The molecule has 2 bridgehead atoms. The summed E-state index contributed by atoms with van der Waals surface area (Å²) in [5, 5.41) is 14.5. The molecule has 0 radical (unpaired) electrons. The Balaban J connectivity index is 1.50. The highest BCUT2D eigenvalue weighted by Gasteiger charge is 2.55. The van der Waals surface area contributed by atoms with E-state index >= 15 is 0 Å². The maximum Gasteiger partial charge on any atom is 0.310 e. The Hall–Kier alpha value is -1.77. The van der Waals surface area contributed by atoms with Crippen LogP contribution in [0.15, 0.2) is 34.1 Å². The van der Waals surface area contributed by atoms with Gasteiger partial charge < -0.3 is 15.2 Å². The molecule has 0 aliphatic carbocycles. The lowest BCUT2D eigenvalue weighted by molar-refractivity contribution is -0.147. The smallest absolute Gasteiger partial charge is 0.310 e. The molecule has 2 aromatic rings. The number of aliphatic carboxylic acids is 1. The van der Waals surface area contributed by atoms with Gasteiger partial charge in [0.2, 0.25) is 5.91 Å². The number of hydrogen-bond donors (Lipinski definition) is 2. The molecule has 6 nitrogen and oxygen atoms in total. The number of carbonyl (C=O) groups excluding carboxylic acids is 1. The molecule has 130 valence electrons. The number of amides is 1. The lowest BCUT2D eigenvalue weighted by Gasteiger charge is -2.23. The van der Waals surface area contributed by atoms with Crippen molar-refractivity contribution in [1.29, 1.82) is 0 Å². The van der Waals surface area contributed by atoms with Crippen molar-refractivity contribution in [3.05, 3.63) is 34.1 Å². The standard InChI is InChI=1S/C17H15BrN2O4S/c18-9-3-1-8(2-4-9)10-7-25-17(19-10)20-15(21)13-11-5-6-12(24-11)14(13)16(22)23/h1-4,7,11-14H,5-6H2,(H,22,23)(H,19,20,21)/t11-,12-,13-,14+/m1/s1. The zero-order valence-electron chi connectivity index (χ0n) is 13.0. The van der Waals surface area contributed by atoms with Gasteiger partial charge in [0, 0.05) is 15.4 Å². The van der Waals surface area contributed by atoms with Crippen LogP contribution < -0.4 is 5.32 Å². The largest absolute Gasteiger partial charge is 0.481 e. The molecule has 0 unspecified atom stereocenters. The molecule has 4 rings (SSSR count). The fourth-order valence-electron chi connectivity index (χ4n) is 3.60. The van der Waals surface area contributed by atoms with Gasteiger partial charge in [-0.1, -0.05) is 28.1 Å². The van der Waals surface area contributed by atoms with Crippen LogP contribution in [0.4, 0.5) is 5.13 Å². The van der Waals surface area contributed by atoms with Crippen molar-refractivity contribution in [3.8, 4) is 11.3 Å². The molecule has 2 aliphatic heterocycles. The molecule has 8 heteroatoms. The van der Waals surface area contributed by atoms with Crippen molar-refractivity contribution in [2.24, 2.45) is 11.8 Å². The summed E-state index contributed by atoms with van der Waals surface area (Å²) in [5.74, 6) is -2.72. The molecule has 1 amide bonds. The second-order valence-corrected chi connectivity index (χ2v) is 7.99. The number of nitrogens with one attached hydrogen (secondary N) is 1. The van der Waals surface area contributed by atoms with Crippen LogP contribution in [-0.2, 0) is 14.3 Å². The monoisotopic (exact) mass is 422 g/mol. The van der Waals surface area contributed by atoms with Gasteiger partial charge in [0.15, 0.2) is 5.13 Å². The average molecular weight is 423 g/mol. The number of thiazole rings is 1. The molecule has 1 aromatic carbocycles. The number of aromatic nitrogens is 1. The minimum atomic E-state index is -0.970. The highest BCUT2D eigenvalue weighted by Crippen LogP contribution is 2.44. The van der Waals surface area contributed by atoms with Crippen LogP contribution in [0.1, 0.15) is 12.8 Å². The number of nitrogens with zero attached hydrogens (tertiary/aromatic N) is 1. The molecule has 4 atom stereocenters. The molecule has 25 heavy (non-hydrogen) atoms. The first-order chi connectivity index (χ1) is 12.0. The van der Waals surface area contributed by atoms with E-state index in [4.69, 9.17) is 4.74 Å². The van der Waals surface area contributed by atoms with Gasteiger partial charge in [0.05, 0.1) is 29.7 Å². The zero-order valence-corrected chi connectivity index (χ0v) is 15.4. The SMILES string of the molecule is O=C(O)[C@@H]1[C@H](C(=O)Nc2nc(-c3ccc(Br)cc3)cs2)[C@H]2CC[C@H]1O2. The van der Waals surface area contributed by atoms with Gasteiger partial charge in [-0.3, -0.25) is 9.59 Å². The van der Waals surface area contributed by atoms with Crippen LogP contribution in [0.3, 0.4) is 0 Å². The highest BCUT2D eigenvalue weighted by molar-refractivity contribution is 9.10. The van der Waals surface area contributed by atoms with Crippen molar-refractivity contribution in [1.82, 2.24) is 4.98 Å². The molecule has 2 saturated heterocycles. The summed E-state index contributed by atoms with van der Waals surface area (Å²) >= 11 is 4.71. The van der Waals surface area contributed by atoms with Gasteiger partial charge in [-0.25, -0.2) is 4.98 Å². The molecular formula is C17H15BrN2O4S. The van der Waals surface area contributed by atoms with E-state index in [9.17, 15) is 14.7 Å². The quantitative estimate of drug-likeness (QED) is 0.787. The van der Waals surface area contributed by atoms with E-state index in [1.807, 2.05) is 29.6 Å². The summed E-state index contributed by atoms with van der Waals surface area (Å²) in [4.78, 5) is 28.6. The summed E-state index contributed by atoms with van der Waals surface area (Å²) in [6, 6.07) is 7.73. The minimum Gasteiger partial charge on any atom is -0.481 e. The Morgan fingerprint density at radius 1 is 1.20 bits per heavy atom. The zero-order chi connectivity index (χ0) is 17.6. The summed E-state index contributed by atoms with van der Waals surface area (Å²) in [5.41, 5.74) is 1.72. The second-order valence-electron chi connectivity index (χ2n) is 6.21. The van der Waals surface area contributed by atoms with Crippen LogP contribution in [0.25, 0.3) is 11.3 Å². The summed E-state index contributed by atoms with van der Waals surface area (Å²) in [6.07, 6.45) is 0.773. The van der Waals surface area contributed by atoms with Crippen LogP contribution in [0, 0.1) is 11.8 Å². The Kier molecular flexibility index (Phi) is 4.35. The van der Waals surface area contributed by atoms with Gasteiger partial charge in [-0.2, -0.15) is 0 Å². The number of benzene rings is 1. The number of hydrogen-bond acceptors (Lipinski definition) is 5. The molecule has 2 N–H and O–H groups in total. The molecule has 2 fully saturated rings. The van der Waals surface area contributed by atoms with Crippen molar-refractivity contribution in [3.63, 3.8) is 0 Å². The van der Waals surface area contributed by atoms with Crippen LogP contribution in [0.2, 0.25) is 0 Å². The van der Waals surface area contributed by atoms with Gasteiger partial charge in [-0.15, -0.1) is 11.3 Å². The lowest BCUT2D eigenvalue weighted by Crippen LogP contribution is -2.40. The van der Waals surface area contributed by atoms with Gasteiger partial charge in [0.25, 0.3) is 0 Å². The van der Waals surface area contributed by atoms with E-state index < -0.39 is 17.8 Å². The van der Waals surface area contributed by atoms with E-state index in [-0.39, 0.29) is 18.1 Å². The molecule has 2 aliphatic rings. The van der Waals surface area contributed by atoms with E-state index in [0.29, 0.717) is 11.6 Å². The predicted octanol–water partition coefficient (Wildman–Crippen LogP) is 3.39. The molecule has 3 heterocycles. The fraction of sp³-hybridized carbons (Fsp3) is 0.353. The first kappa shape index (κ1) is 16.7. The van der Waals surface area contributed by atoms with Gasteiger partial charge in [0.1, 0.15) is 0 Å². The van der Waals surface area contributed by atoms with Gasteiger partial charge >= 0.3 is 5.97 Å². The Bertz CT molecular complexity index is 822. The maximum absolute atomic E-state index is 12.6. The topological polar surface area (TPSA) is 88.5 Å². The number of halogens is 1. The molecular weight excluding hydrogens is 408 g/mol. The fourth-order valence-corrected chi connectivity index (χ4v) is 4.58. The first-order valence-electron chi connectivity index (χ1n) is 7.93. The number of carbonyl (C=O) groups is 2. The third-order valence-electron chi connectivity index (χ3n) is 4.74. The minimum absolute atomic E-state index is 0.308. The summed E-state index contributed by atoms with van der Waals surface area (Å²) in [7, 11) is 0. The number of carboxylic acids is 1. The third kappa shape index (κ3) is 3.09. The van der Waals surface area contributed by atoms with Crippen LogP contribution in [-0.4, -0.2) is 34.2 Å². The van der Waals surface area contributed by atoms with E-state index in [0.717, 1.165) is 22.2 Å². The Morgan fingerprint density at radius 3 is 2.56 bits per heavy atom. The lowest BCUT2D eigenvalue weighted by atomic mass is 9.79. The Morgan fingerprint density at radius 2 is 1.88 bits per heavy atom. The first-order valence-corrected chi connectivity index (χ1v) is 9.61. The summed E-state index contributed by atoms with van der Waals surface area (Å²) in [6.45, 7) is 0. The number of ether oxygens (including phenoxy) is 1. The van der Waals surface area contributed by atoms with E-state index in [1.54, 1.807) is 0 Å². The van der Waals surface area contributed by atoms with Crippen LogP contribution in [0.5, 0.6) is 0 Å². The number of anilines is 1. The average Bonchev–Trinajstić information content (AvgIpc) is 3.30. The molecule has 1 aromatic heterocycles. The molecule has 0 spiro atoms. The highest BCUT2D eigenvalue weighted by atomic mass is 79.9. The molecule has 0 saturated carbocycles. The van der Waals surface area contributed by atoms with Crippen molar-refractivity contribution < 1.29 is 19.4 Å². The number of fused-ring (bicyclic) bond motifs is 2. The van der Waals surface area contributed by atoms with Crippen molar-refractivity contribution in [2.75, 3.05) is 5.32 Å². The van der Waals surface area contributed by atoms with E-state index in [1.165, 1.54) is 11.3 Å². The Labute approximate surface area is 156 Å². The second kappa shape index (κ2) is 6.51. The predicted molar refractivity (Wildman–Crippen MR) is 96.4 cm³/mol. The number of carboxylic acid groups (broad SMARTS) is 1.